The van der Waals surface area contributed by atoms with Gasteiger partial charge in [0.1, 0.15) is 0 Å². The van der Waals surface area contributed by atoms with Crippen molar-refractivity contribution in [3.05, 3.63) is 68.2 Å². The molecule has 0 fully saturated rings. The summed E-state index contributed by atoms with van der Waals surface area (Å²) in [7, 11) is 0. The molecule has 0 radical (unpaired) electrons. The van der Waals surface area contributed by atoms with Crippen LogP contribution in [0, 0.1) is 0 Å². The van der Waals surface area contributed by atoms with Crippen LogP contribution in [0.5, 0.6) is 0 Å². The lowest BCUT2D eigenvalue weighted by atomic mass is 10.00. The second-order valence-electron chi connectivity index (χ2n) is 9.67. The minimum absolute atomic E-state index is 0.551. The second-order valence-corrected chi connectivity index (χ2v) is 10.4. The van der Waals surface area contributed by atoms with E-state index in [-0.39, 0.29) is 0 Å². The van der Waals surface area contributed by atoms with Gasteiger partial charge in [0.15, 0.2) is 0 Å². The van der Waals surface area contributed by atoms with Crippen molar-refractivity contribution in [2.75, 3.05) is 0 Å². The van der Waals surface area contributed by atoms with Crippen molar-refractivity contribution < 1.29 is 61.5 Å². The Morgan fingerprint density at radius 1 is 0.435 bits per heavy atom. The van der Waals surface area contributed by atoms with E-state index in [0.717, 1.165) is 24.3 Å². The number of halogens is 16. The summed E-state index contributed by atoms with van der Waals surface area (Å²) in [6.07, 6.45) is -10.9. The predicted molar refractivity (Wildman–Crippen MR) is 139 cm³/mol. The predicted octanol–water partition coefficient (Wildman–Crippen LogP) is 10.5. The number of hydrogen-bond donors (Lipinski definition) is 2. The number of aromatic nitrogens is 4. The van der Waals surface area contributed by atoms with Crippen LogP contribution in [0.25, 0.3) is 46.4 Å². The number of fused-ring (bicyclic) bond motifs is 8. The van der Waals surface area contributed by atoms with Gasteiger partial charge in [-0.1, -0.05) is 23.2 Å². The molecule has 5 rings (SSSR count). The lowest BCUT2D eigenvalue weighted by molar-refractivity contribution is -0.359. The van der Waals surface area contributed by atoms with E-state index in [4.69, 9.17) is 23.2 Å². The molecule has 0 aromatic carbocycles. The lowest BCUT2D eigenvalue weighted by Gasteiger charge is -2.28. The van der Waals surface area contributed by atoms with Gasteiger partial charge in [0.2, 0.25) is 0 Å². The maximum absolute atomic E-state index is 15.2. The Morgan fingerprint density at radius 3 is 1.02 bits per heavy atom. The Bertz CT molecular complexity index is 1830. The Balaban J connectivity index is 1.97. The van der Waals surface area contributed by atoms with E-state index in [9.17, 15) is 43.9 Å². The molecule has 0 unspecified atom stereocenters. The number of aromatic amines is 2. The zero-order valence-electron chi connectivity index (χ0n) is 21.6. The molecule has 20 heteroatoms. The third-order valence-corrected chi connectivity index (χ3v) is 7.55. The zero-order chi connectivity index (χ0) is 34.4. The summed E-state index contributed by atoms with van der Waals surface area (Å²) in [6.45, 7) is 0. The molecule has 0 aliphatic carbocycles. The van der Waals surface area contributed by atoms with Crippen molar-refractivity contribution in [3.8, 4) is 0 Å². The van der Waals surface area contributed by atoms with Gasteiger partial charge in [0.05, 0.1) is 66.0 Å². The standard InChI is InChI=1S/C26H10Cl2F14N4/c27-19-13-5-1-9(43-13)17(21(29,30)23(33,34)25(37,38)39)10-2-6-15(44-10)20(28)16-8-4-12(46-16)18(11-3-7-14(19)45-11)22(31,32)24(35,36)26(40,41)42/h1-8,43,46H. The fourth-order valence-corrected chi connectivity index (χ4v) is 4.90. The Kier molecular flexibility index (Phi) is 7.55. The van der Waals surface area contributed by atoms with Crippen LogP contribution < -0.4 is 0 Å². The monoisotopic (exact) mass is 714 g/mol. The highest BCUT2D eigenvalue weighted by Gasteiger charge is 2.75. The molecule has 0 atom stereocenters. The van der Waals surface area contributed by atoms with Crippen molar-refractivity contribution in [3.63, 3.8) is 0 Å². The summed E-state index contributed by atoms with van der Waals surface area (Å²) in [5.41, 5.74) is -10.9. The minimum atomic E-state index is -6.76. The second kappa shape index (κ2) is 10.4. The Morgan fingerprint density at radius 2 is 0.717 bits per heavy atom. The fraction of sp³-hybridized carbons (Fsp3) is 0.231. The number of alkyl halides is 14. The zero-order valence-corrected chi connectivity index (χ0v) is 23.1. The molecule has 246 valence electrons. The molecule has 0 spiro atoms. The molecule has 3 aromatic rings. The highest BCUT2D eigenvalue weighted by Crippen LogP contribution is 2.55. The van der Waals surface area contributed by atoms with E-state index in [0.29, 0.717) is 24.3 Å². The average Bonchev–Trinajstić information content (AvgIpc) is 3.74. The van der Waals surface area contributed by atoms with Gasteiger partial charge < -0.3 is 9.97 Å². The largest absolute Gasteiger partial charge is 0.460 e. The van der Waals surface area contributed by atoms with Crippen LogP contribution in [0.1, 0.15) is 33.9 Å². The summed E-state index contributed by atoms with van der Waals surface area (Å²) < 4.78 is 197. The summed E-state index contributed by atoms with van der Waals surface area (Å²) in [5, 5.41) is -1.44. The van der Waals surface area contributed by atoms with Crippen LogP contribution in [0.15, 0.2) is 24.3 Å². The van der Waals surface area contributed by atoms with Crippen molar-refractivity contribution >= 4 is 69.6 Å². The van der Waals surface area contributed by atoms with Crippen LogP contribution in [-0.2, 0) is 11.8 Å². The van der Waals surface area contributed by atoms with Crippen LogP contribution >= 0.6 is 23.2 Å². The fourth-order valence-electron chi connectivity index (χ4n) is 4.47. The number of rotatable bonds is 4. The molecule has 2 aliphatic rings. The van der Waals surface area contributed by atoms with E-state index in [2.05, 4.69) is 19.9 Å². The molecule has 8 bridgehead atoms. The molecule has 0 saturated carbocycles. The molecule has 46 heavy (non-hydrogen) atoms. The van der Waals surface area contributed by atoms with E-state index in [1.807, 2.05) is 0 Å². The number of hydrogen-bond acceptors (Lipinski definition) is 2. The average molecular weight is 715 g/mol. The molecular formula is C26H10Cl2F14N4. The molecule has 5 heterocycles. The summed E-state index contributed by atoms with van der Waals surface area (Å²) in [4.78, 5) is 11.4. The van der Waals surface area contributed by atoms with Gasteiger partial charge in [-0.15, -0.1) is 0 Å². The lowest BCUT2D eigenvalue weighted by Crippen LogP contribution is -2.50. The third-order valence-electron chi connectivity index (χ3n) is 6.75. The molecule has 2 aliphatic heterocycles. The van der Waals surface area contributed by atoms with Crippen LogP contribution in [0.3, 0.4) is 0 Å². The first-order valence-electron chi connectivity index (χ1n) is 12.1. The first-order valence-corrected chi connectivity index (χ1v) is 12.8. The summed E-state index contributed by atoms with van der Waals surface area (Å²) in [6, 6.07) is 2.76. The Labute approximate surface area is 255 Å². The van der Waals surface area contributed by atoms with Gasteiger partial charge in [-0.25, -0.2) is 9.97 Å². The van der Waals surface area contributed by atoms with E-state index < -0.39 is 102 Å². The van der Waals surface area contributed by atoms with E-state index in [1.54, 1.807) is 0 Å². The molecule has 3 aromatic heterocycles. The molecular weight excluding hydrogens is 705 g/mol. The van der Waals surface area contributed by atoms with Crippen LogP contribution in [0.2, 0.25) is 10.0 Å². The third kappa shape index (κ3) is 4.91. The first-order chi connectivity index (χ1) is 20.9. The normalized spacial score (nSPS) is 14.8. The highest BCUT2D eigenvalue weighted by atomic mass is 35.5. The Hall–Kier alpha value is -3.80. The van der Waals surface area contributed by atoms with Gasteiger partial charge in [0.25, 0.3) is 0 Å². The smallest absolute Gasteiger partial charge is 0.354 e. The van der Waals surface area contributed by atoms with E-state index in [1.165, 1.54) is 0 Å². The van der Waals surface area contributed by atoms with E-state index >= 15 is 17.6 Å². The number of nitrogens with zero attached hydrogens (tertiary/aromatic N) is 2. The summed E-state index contributed by atoms with van der Waals surface area (Å²) in [5.74, 6) is -25.3. The van der Waals surface area contributed by atoms with Crippen LogP contribution in [-0.4, -0.2) is 44.1 Å². The topological polar surface area (TPSA) is 57.4 Å². The molecule has 0 saturated heterocycles. The van der Waals surface area contributed by atoms with Crippen molar-refractivity contribution in [1.29, 1.82) is 0 Å². The van der Waals surface area contributed by atoms with Gasteiger partial charge in [-0.3, -0.25) is 0 Å². The molecule has 4 nitrogen and oxygen atoms in total. The SMILES string of the molecule is FC(F)(F)C(F)(F)C(F)(F)c1c2nc(c(Cl)c3ccc([nH]3)c(C(F)(F)C(F)(F)C(F)(F)F)c3nc(c(Cl)c4ccc1[nH]4)C=C3)C=C2. The number of nitrogens with one attached hydrogen (secondary N) is 2. The maximum Gasteiger partial charge on any atom is 0.460 e. The first kappa shape index (κ1) is 33.6. The highest BCUT2D eigenvalue weighted by molar-refractivity contribution is 6.35. The van der Waals surface area contributed by atoms with Gasteiger partial charge in [-0.05, 0) is 48.6 Å². The summed E-state index contributed by atoms with van der Waals surface area (Å²) >= 11 is 12.3. The van der Waals surface area contributed by atoms with Crippen molar-refractivity contribution in [2.45, 2.75) is 36.0 Å². The maximum atomic E-state index is 15.2. The minimum Gasteiger partial charge on any atom is -0.354 e. The van der Waals surface area contributed by atoms with Gasteiger partial charge in [-0.2, -0.15) is 61.5 Å². The van der Waals surface area contributed by atoms with Crippen molar-refractivity contribution in [1.82, 2.24) is 19.9 Å². The quantitative estimate of drug-likeness (QED) is 0.182. The van der Waals surface area contributed by atoms with Crippen molar-refractivity contribution in [2.24, 2.45) is 0 Å². The van der Waals surface area contributed by atoms with Crippen LogP contribution in [0.4, 0.5) is 61.5 Å². The molecule has 0 amide bonds. The molecule has 2 N–H and O–H groups in total. The van der Waals surface area contributed by atoms with Gasteiger partial charge >= 0.3 is 36.0 Å². The number of H-pyrrole nitrogens is 2. The van der Waals surface area contributed by atoms with Gasteiger partial charge in [0, 0.05) is 0 Å².